The van der Waals surface area contributed by atoms with Crippen molar-refractivity contribution >= 4 is 28.1 Å². The van der Waals surface area contributed by atoms with Crippen LogP contribution in [0.15, 0.2) is 33.9 Å². The van der Waals surface area contributed by atoms with Gasteiger partial charge in [0.15, 0.2) is 11.5 Å². The second-order valence-corrected chi connectivity index (χ2v) is 6.04. The standard InChI is InChI=1S/C17H21BrN2O3/c1-3-23-16-14(18)9-13(10-15(16)22-2)17(21)20-19-11-12-7-5-4-6-8-12/h4-5,9-12H,3,6-8H2,1-2H3,(H,20,21)/b19-11-/t12-/m1/s1. The second-order valence-electron chi connectivity index (χ2n) is 5.19. The van der Waals surface area contributed by atoms with E-state index in [-0.39, 0.29) is 5.91 Å². The van der Waals surface area contributed by atoms with E-state index in [2.05, 4.69) is 38.6 Å². The summed E-state index contributed by atoms with van der Waals surface area (Å²) in [4.78, 5) is 12.2. The van der Waals surface area contributed by atoms with E-state index in [9.17, 15) is 4.79 Å². The van der Waals surface area contributed by atoms with Crippen LogP contribution in [0.4, 0.5) is 0 Å². The third-order valence-corrected chi connectivity index (χ3v) is 4.13. The number of hydrogen-bond donors (Lipinski definition) is 1. The minimum atomic E-state index is -0.283. The molecule has 0 heterocycles. The van der Waals surface area contributed by atoms with Crippen LogP contribution in [0.2, 0.25) is 0 Å². The number of nitrogens with one attached hydrogen (secondary N) is 1. The molecule has 0 radical (unpaired) electrons. The molecule has 124 valence electrons. The van der Waals surface area contributed by atoms with Gasteiger partial charge in [-0.15, -0.1) is 0 Å². The fraction of sp³-hybridized carbons (Fsp3) is 0.412. The van der Waals surface area contributed by atoms with Crippen molar-refractivity contribution in [2.45, 2.75) is 26.2 Å². The van der Waals surface area contributed by atoms with Crippen LogP contribution < -0.4 is 14.9 Å². The molecule has 2 rings (SSSR count). The summed E-state index contributed by atoms with van der Waals surface area (Å²) in [6, 6.07) is 3.34. The van der Waals surface area contributed by atoms with Crippen molar-refractivity contribution in [3.63, 3.8) is 0 Å². The van der Waals surface area contributed by atoms with Gasteiger partial charge in [0.1, 0.15) is 0 Å². The molecule has 0 saturated heterocycles. The lowest BCUT2D eigenvalue weighted by atomic mass is 9.96. The van der Waals surface area contributed by atoms with E-state index in [0.29, 0.717) is 34.1 Å². The van der Waals surface area contributed by atoms with Crippen LogP contribution in [0, 0.1) is 5.92 Å². The Morgan fingerprint density at radius 3 is 2.96 bits per heavy atom. The zero-order valence-electron chi connectivity index (χ0n) is 13.3. The SMILES string of the molecule is CCOc1c(Br)cc(C(=O)N/N=C\[C@@H]2CC=CCC2)cc1OC. The van der Waals surface area contributed by atoms with E-state index >= 15 is 0 Å². The maximum atomic E-state index is 12.2. The molecule has 5 nitrogen and oxygen atoms in total. The number of halogens is 1. The molecule has 23 heavy (non-hydrogen) atoms. The van der Waals surface area contributed by atoms with E-state index < -0.39 is 0 Å². The van der Waals surface area contributed by atoms with Gasteiger partial charge in [-0.3, -0.25) is 4.79 Å². The average Bonchev–Trinajstić information content (AvgIpc) is 2.57. The number of nitrogens with zero attached hydrogens (tertiary/aromatic N) is 1. The first-order valence-electron chi connectivity index (χ1n) is 7.64. The molecular formula is C17H21BrN2O3. The lowest BCUT2D eigenvalue weighted by Gasteiger charge is -2.13. The van der Waals surface area contributed by atoms with Crippen molar-refractivity contribution < 1.29 is 14.3 Å². The average molecular weight is 381 g/mol. The van der Waals surface area contributed by atoms with Gasteiger partial charge in [0.25, 0.3) is 5.91 Å². The van der Waals surface area contributed by atoms with Gasteiger partial charge in [-0.1, -0.05) is 12.2 Å². The molecule has 0 aliphatic heterocycles. The molecule has 1 N–H and O–H groups in total. The van der Waals surface area contributed by atoms with Crippen molar-refractivity contribution in [3.05, 3.63) is 34.3 Å². The number of methoxy groups -OCH3 is 1. The predicted molar refractivity (Wildman–Crippen MR) is 94.3 cm³/mol. The zero-order valence-corrected chi connectivity index (χ0v) is 14.9. The van der Waals surface area contributed by atoms with Crippen LogP contribution in [0.1, 0.15) is 36.5 Å². The molecule has 0 bridgehead atoms. The quantitative estimate of drug-likeness (QED) is 0.462. The summed E-state index contributed by atoms with van der Waals surface area (Å²) in [6.07, 6.45) is 9.24. The second kappa shape index (κ2) is 8.72. The highest BCUT2D eigenvalue weighted by molar-refractivity contribution is 9.10. The molecule has 0 spiro atoms. The first-order chi connectivity index (χ1) is 11.2. The minimum absolute atomic E-state index is 0.283. The van der Waals surface area contributed by atoms with E-state index in [1.165, 1.54) is 0 Å². The molecule has 0 unspecified atom stereocenters. The Kier molecular flexibility index (Phi) is 6.65. The fourth-order valence-electron chi connectivity index (χ4n) is 2.35. The molecule has 1 aromatic carbocycles. The summed E-state index contributed by atoms with van der Waals surface area (Å²) in [5, 5.41) is 4.07. The summed E-state index contributed by atoms with van der Waals surface area (Å²) in [6.45, 7) is 2.41. The van der Waals surface area contributed by atoms with Crippen LogP contribution in [0.5, 0.6) is 11.5 Å². The third kappa shape index (κ3) is 4.82. The number of hydrazone groups is 1. The van der Waals surface area contributed by atoms with E-state index in [0.717, 1.165) is 19.3 Å². The molecular weight excluding hydrogens is 360 g/mol. The monoisotopic (exact) mass is 380 g/mol. The molecule has 0 saturated carbocycles. The smallest absolute Gasteiger partial charge is 0.271 e. The van der Waals surface area contributed by atoms with Crippen molar-refractivity contribution in [2.75, 3.05) is 13.7 Å². The van der Waals surface area contributed by atoms with Gasteiger partial charge in [-0.25, -0.2) is 5.43 Å². The van der Waals surface area contributed by atoms with Crippen LogP contribution in [0.25, 0.3) is 0 Å². The fourth-order valence-corrected chi connectivity index (χ4v) is 2.91. The lowest BCUT2D eigenvalue weighted by molar-refractivity contribution is 0.0954. The van der Waals surface area contributed by atoms with Gasteiger partial charge in [-0.05, 0) is 60.2 Å². The highest BCUT2D eigenvalue weighted by atomic mass is 79.9. The predicted octanol–water partition coefficient (Wildman–Crippen LogP) is 3.93. The Balaban J connectivity index is 2.05. The molecule has 1 atom stereocenters. The highest BCUT2D eigenvalue weighted by Crippen LogP contribution is 2.36. The van der Waals surface area contributed by atoms with E-state index in [1.807, 2.05) is 13.1 Å². The number of hydrogen-bond acceptors (Lipinski definition) is 4. The van der Waals surface area contributed by atoms with Gasteiger partial charge >= 0.3 is 0 Å². The Morgan fingerprint density at radius 1 is 1.48 bits per heavy atom. The van der Waals surface area contributed by atoms with E-state index in [4.69, 9.17) is 9.47 Å². The molecule has 0 fully saturated rings. The first kappa shape index (κ1) is 17.5. The largest absolute Gasteiger partial charge is 0.493 e. The Labute approximate surface area is 144 Å². The Bertz CT molecular complexity index is 614. The number of ether oxygens (including phenoxy) is 2. The zero-order chi connectivity index (χ0) is 16.7. The Morgan fingerprint density at radius 2 is 2.30 bits per heavy atom. The maximum Gasteiger partial charge on any atom is 0.271 e. The Hall–Kier alpha value is -1.82. The van der Waals surface area contributed by atoms with Crippen LogP contribution >= 0.6 is 15.9 Å². The van der Waals surface area contributed by atoms with Gasteiger partial charge in [0.2, 0.25) is 0 Å². The molecule has 0 aromatic heterocycles. The van der Waals surface area contributed by atoms with Gasteiger partial charge in [0.05, 0.1) is 18.2 Å². The van der Waals surface area contributed by atoms with E-state index in [1.54, 1.807) is 19.2 Å². The van der Waals surface area contributed by atoms with Crippen LogP contribution in [-0.2, 0) is 0 Å². The normalized spacial score (nSPS) is 17.3. The molecule has 1 aliphatic carbocycles. The summed E-state index contributed by atoms with van der Waals surface area (Å²) < 4.78 is 11.5. The highest BCUT2D eigenvalue weighted by Gasteiger charge is 2.15. The van der Waals surface area contributed by atoms with Crippen molar-refractivity contribution in [1.82, 2.24) is 5.43 Å². The molecule has 6 heteroatoms. The maximum absolute atomic E-state index is 12.2. The number of benzene rings is 1. The van der Waals surface area contributed by atoms with Gasteiger partial charge < -0.3 is 9.47 Å². The third-order valence-electron chi connectivity index (χ3n) is 3.54. The van der Waals surface area contributed by atoms with Crippen LogP contribution in [0.3, 0.4) is 0 Å². The summed E-state index contributed by atoms with van der Waals surface area (Å²) in [7, 11) is 1.54. The van der Waals surface area contributed by atoms with Crippen molar-refractivity contribution in [2.24, 2.45) is 11.0 Å². The summed E-state index contributed by atoms with van der Waals surface area (Å²) in [5.74, 6) is 1.20. The summed E-state index contributed by atoms with van der Waals surface area (Å²) >= 11 is 3.41. The first-order valence-corrected chi connectivity index (χ1v) is 8.43. The minimum Gasteiger partial charge on any atom is -0.493 e. The number of allylic oxidation sites excluding steroid dienone is 2. The molecule has 1 aromatic rings. The topological polar surface area (TPSA) is 59.9 Å². The van der Waals surface area contributed by atoms with Crippen molar-refractivity contribution in [1.29, 1.82) is 0 Å². The molecule has 1 aliphatic rings. The van der Waals surface area contributed by atoms with Crippen molar-refractivity contribution in [3.8, 4) is 11.5 Å². The number of carbonyl (C=O) groups excluding carboxylic acids is 1. The number of rotatable bonds is 6. The molecule has 1 amide bonds. The van der Waals surface area contributed by atoms with Gasteiger partial charge in [-0.2, -0.15) is 5.10 Å². The lowest BCUT2D eigenvalue weighted by Crippen LogP contribution is -2.19. The van der Waals surface area contributed by atoms with Gasteiger partial charge in [0, 0.05) is 11.8 Å². The van der Waals surface area contributed by atoms with Crippen LogP contribution in [-0.4, -0.2) is 25.8 Å². The number of amides is 1. The summed E-state index contributed by atoms with van der Waals surface area (Å²) in [5.41, 5.74) is 3.02. The number of carbonyl (C=O) groups is 1.